The van der Waals surface area contributed by atoms with Gasteiger partial charge in [0.15, 0.2) is 0 Å². The molecule has 0 saturated heterocycles. The van der Waals surface area contributed by atoms with Crippen molar-refractivity contribution in [2.75, 3.05) is 7.11 Å². The van der Waals surface area contributed by atoms with Gasteiger partial charge in [0.1, 0.15) is 5.75 Å². The molecule has 0 radical (unpaired) electrons. The van der Waals surface area contributed by atoms with Crippen LogP contribution in [0.25, 0.3) is 0 Å². The van der Waals surface area contributed by atoms with Crippen molar-refractivity contribution in [3.63, 3.8) is 0 Å². The van der Waals surface area contributed by atoms with Crippen LogP contribution < -0.4 is 4.74 Å². The standard InChI is InChI=1S/C13H18O3/c1-8-7-9(2)13(16-4)10(3)11(8)5-6-12(14)15/h7H,5-6H2,1-4H3,(H,14,15). The molecule has 16 heavy (non-hydrogen) atoms. The molecule has 1 aromatic carbocycles. The fourth-order valence-corrected chi connectivity index (χ4v) is 2.14. The molecule has 0 aromatic heterocycles. The first-order valence-electron chi connectivity index (χ1n) is 5.32. The van der Waals surface area contributed by atoms with Gasteiger partial charge < -0.3 is 9.84 Å². The lowest BCUT2D eigenvalue weighted by molar-refractivity contribution is -0.136. The zero-order valence-electron chi connectivity index (χ0n) is 10.3. The number of ether oxygens (including phenoxy) is 1. The lowest BCUT2D eigenvalue weighted by atomic mass is 9.95. The fraction of sp³-hybridized carbons (Fsp3) is 0.462. The van der Waals surface area contributed by atoms with Gasteiger partial charge in [-0.05, 0) is 49.4 Å². The molecule has 0 saturated carbocycles. The van der Waals surface area contributed by atoms with E-state index < -0.39 is 5.97 Å². The van der Waals surface area contributed by atoms with Gasteiger partial charge in [-0.25, -0.2) is 0 Å². The van der Waals surface area contributed by atoms with Crippen molar-refractivity contribution in [2.24, 2.45) is 0 Å². The van der Waals surface area contributed by atoms with Crippen LogP contribution >= 0.6 is 0 Å². The van der Waals surface area contributed by atoms with Gasteiger partial charge in [-0.3, -0.25) is 4.79 Å². The van der Waals surface area contributed by atoms with Crippen LogP contribution in [-0.2, 0) is 11.2 Å². The van der Waals surface area contributed by atoms with Crippen molar-refractivity contribution >= 4 is 5.97 Å². The highest BCUT2D eigenvalue weighted by Gasteiger charge is 2.12. The number of carboxylic acid groups (broad SMARTS) is 1. The van der Waals surface area contributed by atoms with Crippen LogP contribution in [0.4, 0.5) is 0 Å². The van der Waals surface area contributed by atoms with Gasteiger partial charge in [-0.15, -0.1) is 0 Å². The van der Waals surface area contributed by atoms with E-state index in [4.69, 9.17) is 9.84 Å². The molecule has 1 N–H and O–H groups in total. The lowest BCUT2D eigenvalue weighted by Gasteiger charge is -2.15. The minimum absolute atomic E-state index is 0.161. The van der Waals surface area contributed by atoms with Gasteiger partial charge in [0.25, 0.3) is 0 Å². The maximum atomic E-state index is 10.6. The minimum Gasteiger partial charge on any atom is -0.496 e. The van der Waals surface area contributed by atoms with E-state index in [1.165, 1.54) is 0 Å². The molecule has 0 amide bonds. The molecule has 3 heteroatoms. The monoisotopic (exact) mass is 222 g/mol. The number of carbonyl (C=O) groups is 1. The van der Waals surface area contributed by atoms with Crippen LogP contribution in [-0.4, -0.2) is 18.2 Å². The summed E-state index contributed by atoms with van der Waals surface area (Å²) < 4.78 is 5.33. The average Bonchev–Trinajstić information content (AvgIpc) is 2.16. The normalized spacial score (nSPS) is 10.2. The molecule has 0 aliphatic carbocycles. The van der Waals surface area contributed by atoms with E-state index in [1.54, 1.807) is 7.11 Å². The number of hydrogen-bond acceptors (Lipinski definition) is 2. The van der Waals surface area contributed by atoms with Crippen molar-refractivity contribution < 1.29 is 14.6 Å². The van der Waals surface area contributed by atoms with Crippen molar-refractivity contribution in [3.8, 4) is 5.75 Å². The maximum absolute atomic E-state index is 10.6. The lowest BCUT2D eigenvalue weighted by Crippen LogP contribution is -2.03. The summed E-state index contributed by atoms with van der Waals surface area (Å²) in [5, 5.41) is 8.71. The Kier molecular flexibility index (Phi) is 3.93. The topological polar surface area (TPSA) is 46.5 Å². The molecule has 0 bridgehead atoms. The summed E-state index contributed by atoms with van der Waals surface area (Å²) in [6.07, 6.45) is 0.720. The average molecular weight is 222 g/mol. The molecule has 3 nitrogen and oxygen atoms in total. The Labute approximate surface area is 96.1 Å². The summed E-state index contributed by atoms with van der Waals surface area (Å²) in [5.74, 6) is 0.101. The summed E-state index contributed by atoms with van der Waals surface area (Å²) in [6, 6.07) is 2.04. The SMILES string of the molecule is COc1c(C)cc(C)c(CCC(=O)O)c1C. The number of carboxylic acids is 1. The molecule has 0 spiro atoms. The largest absolute Gasteiger partial charge is 0.496 e. The Bertz CT molecular complexity index is 408. The molecule has 0 fully saturated rings. The third-order valence-electron chi connectivity index (χ3n) is 2.85. The first-order chi connectivity index (χ1) is 7.47. The molecule has 0 unspecified atom stereocenters. The Morgan fingerprint density at radius 3 is 2.44 bits per heavy atom. The third kappa shape index (κ3) is 2.54. The van der Waals surface area contributed by atoms with E-state index in [1.807, 2.05) is 26.8 Å². The van der Waals surface area contributed by atoms with E-state index in [0.717, 1.165) is 28.0 Å². The molecular weight excluding hydrogens is 204 g/mol. The van der Waals surface area contributed by atoms with E-state index >= 15 is 0 Å². The minimum atomic E-state index is -0.765. The molecule has 1 rings (SSSR count). The Morgan fingerprint density at radius 1 is 1.31 bits per heavy atom. The zero-order chi connectivity index (χ0) is 12.3. The second kappa shape index (κ2) is 5.01. The predicted molar refractivity (Wildman–Crippen MR) is 63.2 cm³/mol. The smallest absolute Gasteiger partial charge is 0.303 e. The second-order valence-corrected chi connectivity index (χ2v) is 4.04. The second-order valence-electron chi connectivity index (χ2n) is 4.04. The maximum Gasteiger partial charge on any atom is 0.303 e. The van der Waals surface area contributed by atoms with Crippen molar-refractivity contribution in [1.29, 1.82) is 0 Å². The number of aryl methyl sites for hydroxylation is 2. The first-order valence-corrected chi connectivity index (χ1v) is 5.32. The van der Waals surface area contributed by atoms with Crippen molar-refractivity contribution in [1.82, 2.24) is 0 Å². The van der Waals surface area contributed by atoms with Crippen molar-refractivity contribution in [3.05, 3.63) is 28.3 Å². The quantitative estimate of drug-likeness (QED) is 0.851. The number of rotatable bonds is 4. The number of benzene rings is 1. The molecule has 0 aliphatic heterocycles. The highest BCUT2D eigenvalue weighted by molar-refractivity contribution is 5.67. The Balaban J connectivity index is 3.12. The van der Waals surface area contributed by atoms with Crippen LogP contribution in [0.1, 0.15) is 28.7 Å². The van der Waals surface area contributed by atoms with Crippen LogP contribution in [0, 0.1) is 20.8 Å². The van der Waals surface area contributed by atoms with Gasteiger partial charge in [0, 0.05) is 6.42 Å². The molecule has 0 atom stereocenters. The van der Waals surface area contributed by atoms with Crippen LogP contribution in [0.5, 0.6) is 5.75 Å². The molecule has 0 heterocycles. The molecule has 88 valence electrons. The summed E-state index contributed by atoms with van der Waals surface area (Å²) in [4.78, 5) is 10.6. The summed E-state index contributed by atoms with van der Waals surface area (Å²) >= 11 is 0. The van der Waals surface area contributed by atoms with Crippen LogP contribution in [0.3, 0.4) is 0 Å². The molecular formula is C13H18O3. The van der Waals surface area contributed by atoms with Gasteiger partial charge in [0.05, 0.1) is 7.11 Å². The molecule has 0 aliphatic rings. The fourth-order valence-electron chi connectivity index (χ4n) is 2.14. The van der Waals surface area contributed by atoms with Crippen LogP contribution in [0.2, 0.25) is 0 Å². The van der Waals surface area contributed by atoms with Gasteiger partial charge >= 0.3 is 5.97 Å². The third-order valence-corrected chi connectivity index (χ3v) is 2.85. The van der Waals surface area contributed by atoms with E-state index in [0.29, 0.717) is 6.42 Å². The van der Waals surface area contributed by atoms with Gasteiger partial charge in [-0.2, -0.15) is 0 Å². The van der Waals surface area contributed by atoms with Gasteiger partial charge in [-0.1, -0.05) is 6.07 Å². The molecule has 1 aromatic rings. The van der Waals surface area contributed by atoms with Crippen molar-refractivity contribution in [2.45, 2.75) is 33.6 Å². The summed E-state index contributed by atoms with van der Waals surface area (Å²) in [5.41, 5.74) is 4.37. The predicted octanol–water partition coefficient (Wildman–Crippen LogP) is 2.64. The highest BCUT2D eigenvalue weighted by Crippen LogP contribution is 2.29. The number of aliphatic carboxylic acids is 1. The number of hydrogen-bond donors (Lipinski definition) is 1. The van der Waals surface area contributed by atoms with E-state index in [2.05, 4.69) is 0 Å². The highest BCUT2D eigenvalue weighted by atomic mass is 16.5. The van der Waals surface area contributed by atoms with E-state index in [9.17, 15) is 4.79 Å². The van der Waals surface area contributed by atoms with Gasteiger partial charge in [0.2, 0.25) is 0 Å². The zero-order valence-corrected chi connectivity index (χ0v) is 10.3. The number of methoxy groups -OCH3 is 1. The first kappa shape index (κ1) is 12.6. The Hall–Kier alpha value is -1.51. The van der Waals surface area contributed by atoms with Crippen LogP contribution in [0.15, 0.2) is 6.07 Å². The Morgan fingerprint density at radius 2 is 1.94 bits per heavy atom. The van der Waals surface area contributed by atoms with E-state index in [-0.39, 0.29) is 6.42 Å². The summed E-state index contributed by atoms with van der Waals surface area (Å²) in [6.45, 7) is 5.99. The summed E-state index contributed by atoms with van der Waals surface area (Å²) in [7, 11) is 1.64.